The standard InChI is InChI=1S/C13H18N2O5/c1-4-5-19-7-10(13(17)18)14-12(16)11-6-9(8(2)3)15-20-11/h4,6,8,10H,1,5,7H2,2-3H3,(H,14,16)(H,17,18). The molecule has 1 heterocycles. The molecule has 2 N–H and O–H groups in total. The van der Waals surface area contributed by atoms with E-state index in [0.717, 1.165) is 0 Å². The number of amides is 1. The molecular weight excluding hydrogens is 264 g/mol. The highest BCUT2D eigenvalue weighted by atomic mass is 16.5. The van der Waals surface area contributed by atoms with Crippen LogP contribution in [0.25, 0.3) is 0 Å². The first kappa shape index (κ1) is 15.9. The van der Waals surface area contributed by atoms with Gasteiger partial charge in [0.25, 0.3) is 5.91 Å². The molecule has 0 saturated heterocycles. The zero-order chi connectivity index (χ0) is 15.1. The number of carboxylic acid groups (broad SMARTS) is 1. The van der Waals surface area contributed by atoms with Crippen LogP contribution in [0.2, 0.25) is 0 Å². The van der Waals surface area contributed by atoms with Gasteiger partial charge in [0.15, 0.2) is 6.04 Å². The lowest BCUT2D eigenvalue weighted by molar-refractivity contribution is -0.140. The van der Waals surface area contributed by atoms with Crippen molar-refractivity contribution in [1.29, 1.82) is 0 Å². The van der Waals surface area contributed by atoms with Crippen LogP contribution in [0.4, 0.5) is 0 Å². The summed E-state index contributed by atoms with van der Waals surface area (Å²) < 4.78 is 9.91. The van der Waals surface area contributed by atoms with Crippen molar-refractivity contribution in [1.82, 2.24) is 10.5 Å². The molecule has 0 fully saturated rings. The van der Waals surface area contributed by atoms with Crippen molar-refractivity contribution in [3.05, 3.63) is 30.2 Å². The van der Waals surface area contributed by atoms with Gasteiger partial charge in [0.05, 0.1) is 18.9 Å². The molecule has 7 heteroatoms. The van der Waals surface area contributed by atoms with Crippen LogP contribution in [0.5, 0.6) is 0 Å². The minimum atomic E-state index is -1.19. The molecule has 1 aromatic rings. The number of carbonyl (C=O) groups excluding carboxylic acids is 1. The summed E-state index contributed by atoms with van der Waals surface area (Å²) in [5.74, 6) is -1.74. The Morgan fingerprint density at radius 2 is 2.30 bits per heavy atom. The SMILES string of the molecule is C=CCOCC(NC(=O)c1cc(C(C)C)no1)C(=O)O. The van der Waals surface area contributed by atoms with Crippen molar-refractivity contribution in [3.8, 4) is 0 Å². The number of ether oxygens (including phenoxy) is 1. The number of nitrogens with zero attached hydrogens (tertiary/aromatic N) is 1. The third kappa shape index (κ3) is 4.51. The quantitative estimate of drug-likeness (QED) is 0.548. The molecule has 0 saturated carbocycles. The third-order valence-corrected chi connectivity index (χ3v) is 2.47. The van der Waals surface area contributed by atoms with Crippen molar-refractivity contribution < 1.29 is 24.0 Å². The Balaban J connectivity index is 2.64. The Hall–Kier alpha value is -2.15. The van der Waals surface area contributed by atoms with Gasteiger partial charge in [-0.1, -0.05) is 25.1 Å². The topological polar surface area (TPSA) is 102 Å². The van der Waals surface area contributed by atoms with Gasteiger partial charge in [-0.15, -0.1) is 6.58 Å². The van der Waals surface area contributed by atoms with Gasteiger partial charge in [0, 0.05) is 6.07 Å². The Bertz CT molecular complexity index is 481. The van der Waals surface area contributed by atoms with Gasteiger partial charge in [0.1, 0.15) is 0 Å². The Labute approximate surface area is 116 Å². The summed E-state index contributed by atoms with van der Waals surface area (Å²) >= 11 is 0. The number of hydrogen-bond acceptors (Lipinski definition) is 5. The fourth-order valence-electron chi connectivity index (χ4n) is 1.34. The zero-order valence-electron chi connectivity index (χ0n) is 11.5. The van der Waals surface area contributed by atoms with Crippen LogP contribution < -0.4 is 5.32 Å². The molecule has 20 heavy (non-hydrogen) atoms. The van der Waals surface area contributed by atoms with Crippen LogP contribution in [0, 0.1) is 0 Å². The van der Waals surface area contributed by atoms with E-state index in [1.165, 1.54) is 12.1 Å². The lowest BCUT2D eigenvalue weighted by atomic mass is 10.1. The van der Waals surface area contributed by atoms with Gasteiger partial charge in [-0.2, -0.15) is 0 Å². The molecule has 0 radical (unpaired) electrons. The molecule has 0 bridgehead atoms. The highest BCUT2D eigenvalue weighted by Crippen LogP contribution is 2.13. The molecule has 1 amide bonds. The predicted octanol–water partition coefficient (Wildman–Crippen LogP) is 1.18. The number of aliphatic carboxylic acids is 1. The van der Waals surface area contributed by atoms with E-state index in [1.54, 1.807) is 0 Å². The van der Waals surface area contributed by atoms with Gasteiger partial charge in [-0.25, -0.2) is 4.79 Å². The monoisotopic (exact) mass is 282 g/mol. The lowest BCUT2D eigenvalue weighted by Crippen LogP contribution is -2.44. The van der Waals surface area contributed by atoms with E-state index in [9.17, 15) is 9.59 Å². The highest BCUT2D eigenvalue weighted by Gasteiger charge is 2.23. The molecule has 0 aliphatic heterocycles. The molecular formula is C13H18N2O5. The normalized spacial score (nSPS) is 12.2. The summed E-state index contributed by atoms with van der Waals surface area (Å²) in [7, 11) is 0. The highest BCUT2D eigenvalue weighted by molar-refractivity contribution is 5.94. The number of hydrogen-bond donors (Lipinski definition) is 2. The Morgan fingerprint density at radius 3 is 2.80 bits per heavy atom. The van der Waals surface area contributed by atoms with Crippen LogP contribution >= 0.6 is 0 Å². The number of carbonyl (C=O) groups is 2. The van der Waals surface area contributed by atoms with Crippen molar-refractivity contribution in [2.75, 3.05) is 13.2 Å². The van der Waals surface area contributed by atoms with Crippen molar-refractivity contribution in [2.45, 2.75) is 25.8 Å². The predicted molar refractivity (Wildman–Crippen MR) is 70.5 cm³/mol. The van der Waals surface area contributed by atoms with Gasteiger partial charge in [-0.05, 0) is 5.92 Å². The molecule has 1 atom stereocenters. The molecule has 0 aromatic carbocycles. The molecule has 0 aliphatic carbocycles. The lowest BCUT2D eigenvalue weighted by Gasteiger charge is -2.12. The number of rotatable bonds is 8. The smallest absolute Gasteiger partial charge is 0.328 e. The number of carboxylic acids is 1. The van der Waals surface area contributed by atoms with Crippen LogP contribution in [-0.4, -0.2) is 41.4 Å². The first-order valence-corrected chi connectivity index (χ1v) is 6.14. The van der Waals surface area contributed by atoms with Crippen molar-refractivity contribution >= 4 is 11.9 Å². The average molecular weight is 282 g/mol. The first-order chi connectivity index (χ1) is 9.45. The first-order valence-electron chi connectivity index (χ1n) is 6.14. The zero-order valence-corrected chi connectivity index (χ0v) is 11.5. The maximum absolute atomic E-state index is 11.8. The fourth-order valence-corrected chi connectivity index (χ4v) is 1.34. The van der Waals surface area contributed by atoms with E-state index >= 15 is 0 Å². The van der Waals surface area contributed by atoms with Crippen LogP contribution in [0.1, 0.15) is 36.0 Å². The number of nitrogens with one attached hydrogen (secondary N) is 1. The van der Waals surface area contributed by atoms with Gasteiger partial charge < -0.3 is 19.7 Å². The summed E-state index contributed by atoms with van der Waals surface area (Å²) in [5, 5.41) is 15.0. The van der Waals surface area contributed by atoms with E-state index in [-0.39, 0.29) is 24.9 Å². The van der Waals surface area contributed by atoms with Crippen molar-refractivity contribution in [3.63, 3.8) is 0 Å². The van der Waals surface area contributed by atoms with Gasteiger partial charge in [-0.3, -0.25) is 4.79 Å². The van der Waals surface area contributed by atoms with E-state index in [2.05, 4.69) is 17.1 Å². The van der Waals surface area contributed by atoms with Crippen molar-refractivity contribution in [2.24, 2.45) is 0 Å². The van der Waals surface area contributed by atoms with Crippen LogP contribution in [0.3, 0.4) is 0 Å². The van der Waals surface area contributed by atoms with E-state index in [4.69, 9.17) is 14.4 Å². The molecule has 1 aromatic heterocycles. The largest absolute Gasteiger partial charge is 0.480 e. The number of aromatic nitrogens is 1. The second-order valence-corrected chi connectivity index (χ2v) is 4.46. The molecule has 1 rings (SSSR count). The molecule has 1 unspecified atom stereocenters. The summed E-state index contributed by atoms with van der Waals surface area (Å²) in [6, 6.07) is 0.332. The third-order valence-electron chi connectivity index (χ3n) is 2.47. The van der Waals surface area contributed by atoms with Gasteiger partial charge in [0.2, 0.25) is 5.76 Å². The average Bonchev–Trinajstić information content (AvgIpc) is 2.87. The summed E-state index contributed by atoms with van der Waals surface area (Å²) in [4.78, 5) is 22.9. The molecule has 0 spiro atoms. The Kier molecular flexibility index (Phi) is 5.92. The fraction of sp³-hybridized carbons (Fsp3) is 0.462. The second kappa shape index (κ2) is 7.44. The maximum atomic E-state index is 11.8. The maximum Gasteiger partial charge on any atom is 0.328 e. The second-order valence-electron chi connectivity index (χ2n) is 4.46. The van der Waals surface area contributed by atoms with E-state index in [1.807, 2.05) is 13.8 Å². The summed E-state index contributed by atoms with van der Waals surface area (Å²) in [6.45, 7) is 7.31. The minimum Gasteiger partial charge on any atom is -0.480 e. The van der Waals surface area contributed by atoms with E-state index in [0.29, 0.717) is 5.69 Å². The van der Waals surface area contributed by atoms with E-state index < -0.39 is 17.9 Å². The molecule has 7 nitrogen and oxygen atoms in total. The molecule has 0 aliphatic rings. The minimum absolute atomic E-state index is 0.0244. The van der Waals surface area contributed by atoms with Crippen LogP contribution in [0.15, 0.2) is 23.2 Å². The molecule has 110 valence electrons. The van der Waals surface area contributed by atoms with Gasteiger partial charge >= 0.3 is 5.97 Å². The summed E-state index contributed by atoms with van der Waals surface area (Å²) in [5.41, 5.74) is 0.630. The summed E-state index contributed by atoms with van der Waals surface area (Å²) in [6.07, 6.45) is 1.49. The van der Waals surface area contributed by atoms with Crippen LogP contribution in [-0.2, 0) is 9.53 Å². The Morgan fingerprint density at radius 1 is 1.60 bits per heavy atom.